The van der Waals surface area contributed by atoms with E-state index in [0.29, 0.717) is 22.4 Å². The largest absolute Gasteiger partial charge is 0.462 e. The van der Waals surface area contributed by atoms with Gasteiger partial charge in [-0.3, -0.25) is 5.43 Å². The lowest BCUT2D eigenvalue weighted by molar-refractivity contribution is -0.137. The Labute approximate surface area is 80.4 Å². The van der Waals surface area contributed by atoms with E-state index in [1.165, 1.54) is 0 Å². The second-order valence-corrected chi connectivity index (χ2v) is 3.37. The van der Waals surface area contributed by atoms with Crippen LogP contribution in [0.25, 0.3) is 0 Å². The number of hydrogen-bond acceptors (Lipinski definition) is 6. The van der Waals surface area contributed by atoms with Crippen LogP contribution in [0.2, 0.25) is 0 Å². The number of nitrogens with two attached hydrogens (primary N) is 1. The van der Waals surface area contributed by atoms with Gasteiger partial charge in [0.05, 0.1) is 12.3 Å². The Morgan fingerprint density at radius 3 is 3.08 bits per heavy atom. The number of ether oxygens (including phenoxy) is 1. The predicted octanol–water partition coefficient (Wildman–Crippen LogP) is 0.347. The quantitative estimate of drug-likeness (QED) is 0.630. The van der Waals surface area contributed by atoms with Gasteiger partial charge in [0, 0.05) is 0 Å². The molecule has 0 atom stereocenters. The van der Waals surface area contributed by atoms with Crippen molar-refractivity contribution in [2.45, 2.75) is 13.8 Å². The first kappa shape index (κ1) is 9.91. The smallest absolute Gasteiger partial charge is 0.346 e. The van der Waals surface area contributed by atoms with Crippen molar-refractivity contribution in [3.63, 3.8) is 0 Å². The predicted molar refractivity (Wildman–Crippen MR) is 51.7 cm³/mol. The molecule has 0 saturated carbocycles. The molecular formula is C7H11N3O2S. The number of rotatable bonds is 2. The topological polar surface area (TPSA) is 76.7 Å². The number of allylic oxidation sites excluding steroid dienone is 1. The minimum Gasteiger partial charge on any atom is -0.462 e. The fourth-order valence-corrected chi connectivity index (χ4v) is 1.43. The molecule has 3 N–H and O–H groups in total. The molecule has 6 heteroatoms. The van der Waals surface area contributed by atoms with Gasteiger partial charge < -0.3 is 10.5 Å². The van der Waals surface area contributed by atoms with Gasteiger partial charge in [0.1, 0.15) is 4.91 Å². The highest BCUT2D eigenvalue weighted by molar-refractivity contribution is 8.17. The molecule has 0 bridgehead atoms. The summed E-state index contributed by atoms with van der Waals surface area (Å²) in [5.74, 6) is -0.365. The zero-order valence-electron chi connectivity index (χ0n) is 7.46. The first-order valence-corrected chi connectivity index (χ1v) is 4.61. The summed E-state index contributed by atoms with van der Waals surface area (Å²) in [6.07, 6.45) is 0. The van der Waals surface area contributed by atoms with Crippen LogP contribution >= 0.6 is 11.8 Å². The Balaban J connectivity index is 2.72. The number of carbonyl (C=O) groups is 1. The normalized spacial score (nSPS) is 16.3. The van der Waals surface area contributed by atoms with Crippen LogP contribution in [0, 0.1) is 0 Å². The van der Waals surface area contributed by atoms with Crippen LogP contribution in [-0.4, -0.2) is 17.7 Å². The number of nitrogens with one attached hydrogen (secondary N) is 1. The van der Waals surface area contributed by atoms with Crippen molar-refractivity contribution >= 4 is 22.9 Å². The van der Waals surface area contributed by atoms with Crippen LogP contribution in [0.1, 0.15) is 13.8 Å². The standard InChI is InChI=1S/C7H11N3O2S/c1-3-12-6(11)5-4(2)9-10-7(8)13-5/h9H,3H2,1-2H3,(H2,8,10). The average molecular weight is 201 g/mol. The van der Waals surface area contributed by atoms with E-state index in [2.05, 4.69) is 10.5 Å². The van der Waals surface area contributed by atoms with Gasteiger partial charge in [-0.15, -0.1) is 0 Å². The van der Waals surface area contributed by atoms with E-state index in [1.54, 1.807) is 13.8 Å². The monoisotopic (exact) mass is 201 g/mol. The molecule has 0 spiro atoms. The molecule has 1 aliphatic rings. The Morgan fingerprint density at radius 2 is 2.46 bits per heavy atom. The number of esters is 1. The fraction of sp³-hybridized carbons (Fsp3) is 0.429. The van der Waals surface area contributed by atoms with Crippen LogP contribution < -0.4 is 11.2 Å². The van der Waals surface area contributed by atoms with Gasteiger partial charge in [0.2, 0.25) is 0 Å². The third-order valence-corrected chi connectivity index (χ3v) is 2.32. The van der Waals surface area contributed by atoms with Crippen molar-refractivity contribution in [3.8, 4) is 0 Å². The molecule has 0 unspecified atom stereocenters. The first-order chi connectivity index (χ1) is 6.15. The Morgan fingerprint density at radius 1 is 1.77 bits per heavy atom. The molecule has 0 amide bonds. The van der Waals surface area contributed by atoms with Gasteiger partial charge in [0.25, 0.3) is 0 Å². The molecule has 5 nitrogen and oxygen atoms in total. The Bertz CT molecular complexity index is 285. The van der Waals surface area contributed by atoms with Crippen LogP contribution in [0.15, 0.2) is 15.7 Å². The Hall–Kier alpha value is -1.17. The van der Waals surface area contributed by atoms with Crippen molar-refractivity contribution in [1.29, 1.82) is 0 Å². The summed E-state index contributed by atoms with van der Waals surface area (Å²) in [6.45, 7) is 3.86. The highest BCUT2D eigenvalue weighted by Gasteiger charge is 2.19. The molecule has 1 aliphatic heterocycles. The maximum atomic E-state index is 11.3. The van der Waals surface area contributed by atoms with Gasteiger partial charge >= 0.3 is 5.97 Å². The molecular weight excluding hydrogens is 190 g/mol. The highest BCUT2D eigenvalue weighted by atomic mass is 32.2. The lowest BCUT2D eigenvalue weighted by atomic mass is 10.4. The molecule has 0 aromatic rings. The summed E-state index contributed by atoms with van der Waals surface area (Å²) in [6, 6.07) is 0. The van der Waals surface area contributed by atoms with E-state index in [9.17, 15) is 4.79 Å². The van der Waals surface area contributed by atoms with Crippen molar-refractivity contribution in [3.05, 3.63) is 10.6 Å². The van der Waals surface area contributed by atoms with E-state index in [0.717, 1.165) is 11.8 Å². The van der Waals surface area contributed by atoms with Crippen LogP contribution in [-0.2, 0) is 9.53 Å². The van der Waals surface area contributed by atoms with Crippen molar-refractivity contribution < 1.29 is 9.53 Å². The number of carbonyl (C=O) groups excluding carboxylic acids is 1. The molecule has 0 aliphatic carbocycles. The molecule has 0 radical (unpaired) electrons. The van der Waals surface area contributed by atoms with Crippen molar-refractivity contribution in [2.24, 2.45) is 10.8 Å². The second-order valence-electron chi connectivity index (χ2n) is 2.34. The Kier molecular flexibility index (Phi) is 3.18. The first-order valence-electron chi connectivity index (χ1n) is 3.80. The molecule has 1 heterocycles. The number of hydrogen-bond donors (Lipinski definition) is 2. The molecule has 13 heavy (non-hydrogen) atoms. The third-order valence-electron chi connectivity index (χ3n) is 1.34. The zero-order chi connectivity index (χ0) is 9.84. The van der Waals surface area contributed by atoms with Crippen LogP contribution in [0.5, 0.6) is 0 Å². The molecule has 0 aromatic heterocycles. The maximum Gasteiger partial charge on any atom is 0.346 e. The fourth-order valence-electron chi connectivity index (χ4n) is 0.785. The maximum absolute atomic E-state index is 11.3. The lowest BCUT2D eigenvalue weighted by Crippen LogP contribution is -2.23. The summed E-state index contributed by atoms with van der Waals surface area (Å²) in [5.41, 5.74) is 8.74. The van der Waals surface area contributed by atoms with E-state index in [-0.39, 0.29) is 5.97 Å². The summed E-state index contributed by atoms with van der Waals surface area (Å²) in [4.78, 5) is 11.8. The molecule has 0 aromatic carbocycles. The minimum absolute atomic E-state index is 0.314. The van der Waals surface area contributed by atoms with Crippen LogP contribution in [0.3, 0.4) is 0 Å². The van der Waals surface area contributed by atoms with Gasteiger partial charge in [-0.2, -0.15) is 5.10 Å². The van der Waals surface area contributed by atoms with E-state index >= 15 is 0 Å². The molecule has 0 saturated heterocycles. The molecule has 1 rings (SSSR count). The zero-order valence-corrected chi connectivity index (χ0v) is 8.27. The van der Waals surface area contributed by atoms with Gasteiger partial charge in [0.15, 0.2) is 5.17 Å². The number of nitrogens with zero attached hydrogens (tertiary/aromatic N) is 1. The van der Waals surface area contributed by atoms with E-state index in [4.69, 9.17) is 10.5 Å². The number of amidine groups is 1. The minimum atomic E-state index is -0.365. The van der Waals surface area contributed by atoms with Gasteiger partial charge in [-0.25, -0.2) is 4.79 Å². The number of thioether (sulfide) groups is 1. The van der Waals surface area contributed by atoms with E-state index < -0.39 is 0 Å². The van der Waals surface area contributed by atoms with Gasteiger partial charge in [-0.05, 0) is 25.6 Å². The molecule has 72 valence electrons. The summed E-state index contributed by atoms with van der Waals surface area (Å²) < 4.78 is 4.83. The van der Waals surface area contributed by atoms with Crippen LogP contribution in [0.4, 0.5) is 0 Å². The summed E-state index contributed by atoms with van der Waals surface area (Å²) in [5, 5.41) is 4.06. The molecule has 0 fully saturated rings. The summed E-state index contributed by atoms with van der Waals surface area (Å²) in [7, 11) is 0. The van der Waals surface area contributed by atoms with Gasteiger partial charge in [-0.1, -0.05) is 0 Å². The highest BCUT2D eigenvalue weighted by Crippen LogP contribution is 2.23. The van der Waals surface area contributed by atoms with Crippen molar-refractivity contribution in [1.82, 2.24) is 5.43 Å². The van der Waals surface area contributed by atoms with Crippen molar-refractivity contribution in [2.75, 3.05) is 6.61 Å². The lowest BCUT2D eigenvalue weighted by Gasteiger charge is -2.14. The third kappa shape index (κ3) is 2.38. The average Bonchev–Trinajstić information content (AvgIpc) is 2.09. The van der Waals surface area contributed by atoms with E-state index in [1.807, 2.05) is 0 Å². The second kappa shape index (κ2) is 4.18. The number of hydrazone groups is 1. The summed E-state index contributed by atoms with van der Waals surface area (Å²) >= 11 is 1.11. The SMILES string of the molecule is CCOC(=O)C1=C(C)NN=C(N)S1.